The first-order valence-electron chi connectivity index (χ1n) is 9.77. The van der Waals surface area contributed by atoms with Crippen LogP contribution < -0.4 is 14.6 Å². The second-order valence-electron chi connectivity index (χ2n) is 6.75. The minimum absolute atomic E-state index is 0.214. The molecule has 33 heavy (non-hydrogen) atoms. The van der Waals surface area contributed by atoms with Crippen molar-refractivity contribution in [3.05, 3.63) is 108 Å². The van der Waals surface area contributed by atoms with Crippen LogP contribution in [0.1, 0.15) is 11.1 Å². The number of sulfonamides is 1. The monoisotopic (exact) mass is 476 g/mol. The van der Waals surface area contributed by atoms with Gasteiger partial charge in [-0.15, -0.1) is 11.3 Å². The first-order valence-corrected chi connectivity index (χ1v) is 12.1. The van der Waals surface area contributed by atoms with E-state index in [-0.39, 0.29) is 9.77 Å². The van der Waals surface area contributed by atoms with E-state index in [0.29, 0.717) is 11.4 Å². The quantitative estimate of drug-likeness (QED) is 0.230. The van der Waals surface area contributed by atoms with E-state index in [1.165, 1.54) is 36.5 Å². The third-order valence-electron chi connectivity index (χ3n) is 4.36. The third kappa shape index (κ3) is 6.06. The average molecular weight is 477 g/mol. The minimum Gasteiger partial charge on any atom is -0.857 e. The molecule has 0 amide bonds. The normalized spacial score (nSPS) is 12.1. The fourth-order valence-corrected chi connectivity index (χ4v) is 4.81. The number of thiophene rings is 1. The Bertz CT molecular complexity index is 1350. The lowest BCUT2D eigenvalue weighted by atomic mass is 10.2. The zero-order chi connectivity index (χ0) is 23.1. The van der Waals surface area contributed by atoms with Crippen LogP contribution in [0, 0.1) is 0 Å². The lowest BCUT2D eigenvalue weighted by Crippen LogP contribution is -2.18. The van der Waals surface area contributed by atoms with Crippen LogP contribution in [-0.4, -0.2) is 20.5 Å². The molecular formula is C24H18N3O4S2-. The molecule has 4 rings (SSSR count). The van der Waals surface area contributed by atoms with Gasteiger partial charge in [0.05, 0.1) is 6.21 Å². The van der Waals surface area contributed by atoms with Crippen molar-refractivity contribution < 1.29 is 18.3 Å². The summed E-state index contributed by atoms with van der Waals surface area (Å²) in [6.07, 6.45) is 1.47. The molecule has 0 aliphatic carbocycles. The molecule has 0 saturated carbocycles. The van der Waals surface area contributed by atoms with Gasteiger partial charge in [-0.2, -0.15) is 10.2 Å². The highest BCUT2D eigenvalue weighted by Crippen LogP contribution is 2.21. The topological polar surface area (TPSA) is 103 Å². The highest BCUT2D eigenvalue weighted by atomic mass is 32.2. The predicted octanol–water partition coefficient (Wildman–Crippen LogP) is 4.48. The van der Waals surface area contributed by atoms with Gasteiger partial charge in [0.25, 0.3) is 10.0 Å². The van der Waals surface area contributed by atoms with Crippen molar-refractivity contribution >= 4 is 39.2 Å². The van der Waals surface area contributed by atoms with Crippen molar-refractivity contribution in [2.75, 3.05) is 4.72 Å². The van der Waals surface area contributed by atoms with E-state index in [4.69, 9.17) is 4.74 Å². The fraction of sp³-hybridized carbons (Fsp3) is 0. The Morgan fingerprint density at radius 1 is 0.879 bits per heavy atom. The third-order valence-corrected chi connectivity index (χ3v) is 7.14. The molecule has 7 nitrogen and oxygen atoms in total. The van der Waals surface area contributed by atoms with Gasteiger partial charge in [-0.05, 0) is 71.1 Å². The van der Waals surface area contributed by atoms with E-state index in [9.17, 15) is 13.5 Å². The highest BCUT2D eigenvalue weighted by Gasteiger charge is 2.14. The molecule has 3 aromatic carbocycles. The maximum Gasteiger partial charge on any atom is 0.271 e. The molecule has 0 atom stereocenters. The predicted molar refractivity (Wildman–Crippen MR) is 129 cm³/mol. The van der Waals surface area contributed by atoms with Gasteiger partial charge in [0.2, 0.25) is 0 Å². The summed E-state index contributed by atoms with van der Waals surface area (Å²) in [5.41, 5.74) is 1.39. The SMILES string of the molecule is O=S(=O)(Nc1ccc(C([O-])=N/N=C\c2ccc(Oc3ccccc3)cc2)cc1)c1cccs1. The number of para-hydroxylation sites is 1. The molecule has 0 aliphatic rings. The lowest BCUT2D eigenvalue weighted by Gasteiger charge is -2.10. The number of rotatable bonds is 8. The van der Waals surface area contributed by atoms with Crippen LogP contribution in [0.25, 0.3) is 0 Å². The van der Waals surface area contributed by atoms with E-state index < -0.39 is 15.9 Å². The molecule has 1 aromatic heterocycles. The summed E-state index contributed by atoms with van der Waals surface area (Å²) in [4.78, 5) is 0. The van der Waals surface area contributed by atoms with Crippen LogP contribution in [0.4, 0.5) is 5.69 Å². The van der Waals surface area contributed by atoms with Crippen LogP contribution in [0.5, 0.6) is 11.5 Å². The standard InChI is InChI=1S/C24H19N3O4S2/c28-24(19-10-12-20(13-11-19)27-33(29,30)23-7-4-16-32-23)26-25-17-18-8-14-22(15-9-18)31-21-5-2-1-3-6-21/h1-17,27H,(H,26,28)/p-1/b25-17-. The number of hydrogen-bond donors (Lipinski definition) is 1. The van der Waals surface area contributed by atoms with Crippen LogP contribution >= 0.6 is 11.3 Å². The molecule has 0 fully saturated rings. The summed E-state index contributed by atoms with van der Waals surface area (Å²) in [5.74, 6) is 0.883. The van der Waals surface area contributed by atoms with E-state index in [1.807, 2.05) is 30.3 Å². The summed E-state index contributed by atoms with van der Waals surface area (Å²) in [7, 11) is -3.64. The minimum atomic E-state index is -3.64. The Balaban J connectivity index is 1.36. The molecule has 0 unspecified atom stereocenters. The molecule has 0 saturated heterocycles. The van der Waals surface area contributed by atoms with Gasteiger partial charge in [0.15, 0.2) is 0 Å². The van der Waals surface area contributed by atoms with Gasteiger partial charge in [-0.3, -0.25) is 4.72 Å². The summed E-state index contributed by atoms with van der Waals surface area (Å²) in [6, 6.07) is 25.8. The lowest BCUT2D eigenvalue weighted by molar-refractivity contribution is -0.213. The molecule has 0 bridgehead atoms. The number of hydrogen-bond acceptors (Lipinski definition) is 7. The first kappa shape index (κ1) is 22.3. The van der Waals surface area contributed by atoms with E-state index in [0.717, 1.165) is 22.6 Å². The summed E-state index contributed by atoms with van der Waals surface area (Å²) in [6.45, 7) is 0. The average Bonchev–Trinajstić information content (AvgIpc) is 3.37. The number of anilines is 1. The summed E-state index contributed by atoms with van der Waals surface area (Å²) >= 11 is 1.12. The van der Waals surface area contributed by atoms with Crippen molar-refractivity contribution in [3.63, 3.8) is 0 Å². The smallest absolute Gasteiger partial charge is 0.271 e. The first-order chi connectivity index (χ1) is 16.0. The molecule has 9 heteroatoms. The molecule has 1 N–H and O–H groups in total. The number of ether oxygens (including phenoxy) is 1. The molecule has 0 aliphatic heterocycles. The molecular weight excluding hydrogens is 458 g/mol. The second kappa shape index (κ2) is 10.1. The number of nitrogens with zero attached hydrogens (tertiary/aromatic N) is 2. The van der Waals surface area contributed by atoms with Crippen molar-refractivity contribution in [1.29, 1.82) is 0 Å². The molecule has 0 spiro atoms. The molecule has 1 heterocycles. The Morgan fingerprint density at radius 3 is 2.24 bits per heavy atom. The van der Waals surface area contributed by atoms with Gasteiger partial charge in [-0.1, -0.05) is 36.4 Å². The Morgan fingerprint density at radius 2 is 1.58 bits per heavy atom. The van der Waals surface area contributed by atoms with Crippen molar-refractivity contribution in [1.82, 2.24) is 0 Å². The van der Waals surface area contributed by atoms with E-state index >= 15 is 0 Å². The largest absolute Gasteiger partial charge is 0.857 e. The van der Waals surface area contributed by atoms with Crippen LogP contribution in [0.3, 0.4) is 0 Å². The Labute approximate surface area is 195 Å². The zero-order valence-electron chi connectivity index (χ0n) is 17.2. The van der Waals surface area contributed by atoms with Gasteiger partial charge in [0.1, 0.15) is 15.7 Å². The molecule has 4 aromatic rings. The maximum absolute atomic E-state index is 12.3. The van der Waals surface area contributed by atoms with E-state index in [2.05, 4.69) is 14.9 Å². The van der Waals surface area contributed by atoms with Crippen LogP contribution in [-0.2, 0) is 10.0 Å². The van der Waals surface area contributed by atoms with E-state index in [1.54, 1.807) is 35.7 Å². The van der Waals surface area contributed by atoms with Gasteiger partial charge < -0.3 is 9.84 Å². The Kier molecular flexibility index (Phi) is 6.82. The number of nitrogens with one attached hydrogen (secondary N) is 1. The van der Waals surface area contributed by atoms with Crippen LogP contribution in [0.15, 0.2) is 111 Å². The summed E-state index contributed by atoms with van der Waals surface area (Å²) < 4.78 is 32.9. The van der Waals surface area contributed by atoms with Crippen LogP contribution in [0.2, 0.25) is 0 Å². The van der Waals surface area contributed by atoms with Crippen molar-refractivity contribution in [2.45, 2.75) is 4.21 Å². The van der Waals surface area contributed by atoms with Crippen molar-refractivity contribution in [3.8, 4) is 11.5 Å². The summed E-state index contributed by atoms with van der Waals surface area (Å²) in [5, 5.41) is 21.5. The van der Waals surface area contributed by atoms with Gasteiger partial charge in [-0.25, -0.2) is 8.42 Å². The van der Waals surface area contributed by atoms with Gasteiger partial charge in [0, 0.05) is 11.6 Å². The maximum atomic E-state index is 12.3. The molecule has 0 radical (unpaired) electrons. The fourth-order valence-electron chi connectivity index (χ4n) is 2.75. The molecule has 166 valence electrons. The Hall–Kier alpha value is -3.95. The van der Waals surface area contributed by atoms with Crippen molar-refractivity contribution in [2.24, 2.45) is 10.2 Å². The van der Waals surface area contributed by atoms with Gasteiger partial charge >= 0.3 is 0 Å². The zero-order valence-corrected chi connectivity index (χ0v) is 18.8. The number of benzene rings is 3. The highest BCUT2D eigenvalue weighted by molar-refractivity contribution is 7.94. The second-order valence-corrected chi connectivity index (χ2v) is 9.61.